The predicted octanol–water partition coefficient (Wildman–Crippen LogP) is 6.31. The van der Waals surface area contributed by atoms with Crippen LogP contribution < -0.4 is 14.8 Å². The maximum absolute atomic E-state index is 11.2. The van der Waals surface area contributed by atoms with Gasteiger partial charge in [0, 0.05) is 12.2 Å². The molecule has 0 aliphatic carbocycles. The first kappa shape index (κ1) is 22.0. The number of hydrogen-bond acceptors (Lipinski definition) is 4. The molecule has 0 spiro atoms. The van der Waals surface area contributed by atoms with Crippen LogP contribution in [0.3, 0.4) is 0 Å². The second-order valence-electron chi connectivity index (χ2n) is 6.74. The maximum atomic E-state index is 11.2. The van der Waals surface area contributed by atoms with Crippen molar-refractivity contribution in [3.05, 3.63) is 86.3 Å². The van der Waals surface area contributed by atoms with Crippen LogP contribution in [-0.4, -0.2) is 18.2 Å². The van der Waals surface area contributed by atoms with Crippen LogP contribution >= 0.6 is 27.5 Å². The van der Waals surface area contributed by atoms with Gasteiger partial charge in [0.15, 0.2) is 11.5 Å². The number of ether oxygens (including phenoxy) is 2. The molecular formula is C23H21BrClNO4. The summed E-state index contributed by atoms with van der Waals surface area (Å²) in [4.78, 5) is 11.2. The van der Waals surface area contributed by atoms with E-state index in [-0.39, 0.29) is 10.6 Å². The molecule has 0 aliphatic heterocycles. The topological polar surface area (TPSA) is 67.8 Å². The number of benzene rings is 3. The van der Waals surface area contributed by atoms with Crippen LogP contribution in [0.1, 0.15) is 27.0 Å². The third kappa shape index (κ3) is 5.46. The number of nitrogens with one attached hydrogen (secondary N) is 1. The molecular weight excluding hydrogens is 470 g/mol. The van der Waals surface area contributed by atoms with Gasteiger partial charge in [-0.2, -0.15) is 0 Å². The molecule has 0 aromatic heterocycles. The highest BCUT2D eigenvalue weighted by molar-refractivity contribution is 9.10. The molecule has 0 saturated carbocycles. The third-order valence-electron chi connectivity index (χ3n) is 4.49. The van der Waals surface area contributed by atoms with Gasteiger partial charge >= 0.3 is 5.97 Å². The highest BCUT2D eigenvalue weighted by Crippen LogP contribution is 2.37. The molecule has 0 atom stereocenters. The zero-order chi connectivity index (χ0) is 21.7. The lowest BCUT2D eigenvalue weighted by Crippen LogP contribution is -2.04. The van der Waals surface area contributed by atoms with E-state index < -0.39 is 5.97 Å². The van der Waals surface area contributed by atoms with Gasteiger partial charge in [-0.3, -0.25) is 0 Å². The molecule has 0 radical (unpaired) electrons. The minimum absolute atomic E-state index is 0.0558. The molecule has 3 rings (SSSR count). The molecule has 0 bridgehead atoms. The van der Waals surface area contributed by atoms with Crippen molar-refractivity contribution in [1.82, 2.24) is 0 Å². The predicted molar refractivity (Wildman–Crippen MR) is 122 cm³/mol. The summed E-state index contributed by atoms with van der Waals surface area (Å²) in [5, 5.41) is 12.6. The van der Waals surface area contributed by atoms with Crippen molar-refractivity contribution in [1.29, 1.82) is 0 Å². The zero-order valence-electron chi connectivity index (χ0n) is 16.5. The number of methoxy groups -OCH3 is 1. The molecule has 0 heterocycles. The largest absolute Gasteiger partial charge is 0.493 e. The molecule has 3 aromatic carbocycles. The van der Waals surface area contributed by atoms with E-state index in [1.54, 1.807) is 19.2 Å². The lowest BCUT2D eigenvalue weighted by molar-refractivity contribution is 0.0697. The van der Waals surface area contributed by atoms with Crippen LogP contribution in [0.2, 0.25) is 5.02 Å². The summed E-state index contributed by atoms with van der Waals surface area (Å²) in [6.07, 6.45) is 0. The lowest BCUT2D eigenvalue weighted by atomic mass is 10.1. The van der Waals surface area contributed by atoms with E-state index in [9.17, 15) is 9.90 Å². The Bertz CT molecular complexity index is 1050. The van der Waals surface area contributed by atoms with Gasteiger partial charge in [0.05, 0.1) is 22.2 Å². The van der Waals surface area contributed by atoms with E-state index >= 15 is 0 Å². The molecule has 0 saturated heterocycles. The molecule has 0 fully saturated rings. The van der Waals surface area contributed by atoms with Crippen molar-refractivity contribution in [3.63, 3.8) is 0 Å². The van der Waals surface area contributed by atoms with Gasteiger partial charge in [-0.15, -0.1) is 0 Å². The first-order chi connectivity index (χ1) is 14.4. The lowest BCUT2D eigenvalue weighted by Gasteiger charge is -2.15. The van der Waals surface area contributed by atoms with E-state index in [1.807, 2.05) is 43.3 Å². The molecule has 0 unspecified atom stereocenters. The average molecular weight is 491 g/mol. The SMILES string of the molecule is COc1cc(CNc2ccc(Cl)c(C(=O)O)c2)cc(Br)c1OCc1ccc(C)cc1. The number of carboxylic acid groups (broad SMARTS) is 1. The summed E-state index contributed by atoms with van der Waals surface area (Å²) in [5.74, 6) is 0.167. The molecule has 5 nitrogen and oxygen atoms in total. The second kappa shape index (κ2) is 9.87. The minimum Gasteiger partial charge on any atom is -0.493 e. The number of carboxylic acids is 1. The molecule has 0 amide bonds. The van der Waals surface area contributed by atoms with E-state index in [2.05, 4.69) is 21.2 Å². The van der Waals surface area contributed by atoms with Crippen LogP contribution in [0.25, 0.3) is 0 Å². The summed E-state index contributed by atoms with van der Waals surface area (Å²) in [6.45, 7) is 2.94. The van der Waals surface area contributed by atoms with Gasteiger partial charge in [-0.05, 0) is 64.3 Å². The zero-order valence-corrected chi connectivity index (χ0v) is 18.9. The smallest absolute Gasteiger partial charge is 0.337 e. The molecule has 30 heavy (non-hydrogen) atoms. The molecule has 2 N–H and O–H groups in total. The Hall–Kier alpha value is -2.70. The summed E-state index contributed by atoms with van der Waals surface area (Å²) >= 11 is 9.49. The summed E-state index contributed by atoms with van der Waals surface area (Å²) in [7, 11) is 1.59. The molecule has 7 heteroatoms. The standard InChI is InChI=1S/C23H21BrClNO4/c1-14-3-5-15(6-4-14)13-30-22-19(24)9-16(10-21(22)29-2)12-26-17-7-8-20(25)18(11-17)23(27)28/h3-11,26H,12-13H2,1-2H3,(H,27,28). The Morgan fingerprint density at radius 2 is 1.83 bits per heavy atom. The van der Waals surface area contributed by atoms with Gasteiger partial charge in [0.1, 0.15) is 6.61 Å². The molecule has 156 valence electrons. The number of anilines is 1. The Morgan fingerprint density at radius 3 is 2.50 bits per heavy atom. The first-order valence-electron chi connectivity index (χ1n) is 9.19. The van der Waals surface area contributed by atoms with E-state index in [0.717, 1.165) is 15.6 Å². The van der Waals surface area contributed by atoms with Crippen LogP contribution in [0.15, 0.2) is 59.1 Å². The normalized spacial score (nSPS) is 10.5. The van der Waals surface area contributed by atoms with Crippen LogP contribution in [0.4, 0.5) is 5.69 Å². The van der Waals surface area contributed by atoms with Crippen molar-refractivity contribution in [2.75, 3.05) is 12.4 Å². The van der Waals surface area contributed by atoms with Crippen molar-refractivity contribution in [2.45, 2.75) is 20.1 Å². The summed E-state index contributed by atoms with van der Waals surface area (Å²) in [6, 6.07) is 16.8. The van der Waals surface area contributed by atoms with E-state index in [4.69, 9.17) is 21.1 Å². The summed E-state index contributed by atoms with van der Waals surface area (Å²) < 4.78 is 12.3. The van der Waals surface area contributed by atoms with E-state index in [1.165, 1.54) is 11.6 Å². The monoisotopic (exact) mass is 489 g/mol. The Balaban J connectivity index is 1.72. The minimum atomic E-state index is -1.07. The number of halogens is 2. The van der Waals surface area contributed by atoms with Crippen molar-refractivity contribution in [3.8, 4) is 11.5 Å². The number of carbonyl (C=O) groups is 1. The highest BCUT2D eigenvalue weighted by Gasteiger charge is 2.13. The number of aromatic carboxylic acids is 1. The Morgan fingerprint density at radius 1 is 1.10 bits per heavy atom. The van der Waals surface area contributed by atoms with Gasteiger partial charge in [-0.1, -0.05) is 41.4 Å². The van der Waals surface area contributed by atoms with Crippen LogP contribution in [0.5, 0.6) is 11.5 Å². The van der Waals surface area contributed by atoms with Crippen molar-refractivity contribution in [2.24, 2.45) is 0 Å². The highest BCUT2D eigenvalue weighted by atomic mass is 79.9. The van der Waals surface area contributed by atoms with Crippen molar-refractivity contribution >= 4 is 39.2 Å². The number of aryl methyl sites for hydroxylation is 1. The second-order valence-corrected chi connectivity index (χ2v) is 8.00. The van der Waals surface area contributed by atoms with Crippen LogP contribution in [0, 0.1) is 6.92 Å². The molecule has 0 aliphatic rings. The fourth-order valence-electron chi connectivity index (χ4n) is 2.86. The molecule has 3 aromatic rings. The van der Waals surface area contributed by atoms with Gasteiger partial charge in [0.25, 0.3) is 0 Å². The quantitative estimate of drug-likeness (QED) is 0.387. The first-order valence-corrected chi connectivity index (χ1v) is 10.4. The Kier molecular flexibility index (Phi) is 7.24. The number of rotatable bonds is 8. The average Bonchev–Trinajstić information content (AvgIpc) is 2.73. The fraction of sp³-hybridized carbons (Fsp3) is 0.174. The Labute approximate surface area is 188 Å². The van der Waals surface area contributed by atoms with Crippen LogP contribution in [-0.2, 0) is 13.2 Å². The fourth-order valence-corrected chi connectivity index (χ4v) is 3.66. The van der Waals surface area contributed by atoms with Crippen molar-refractivity contribution < 1.29 is 19.4 Å². The van der Waals surface area contributed by atoms with E-state index in [0.29, 0.717) is 30.3 Å². The summed E-state index contributed by atoms with van der Waals surface area (Å²) in [5.41, 5.74) is 3.92. The third-order valence-corrected chi connectivity index (χ3v) is 5.41. The van der Waals surface area contributed by atoms with Gasteiger partial charge in [0.2, 0.25) is 0 Å². The van der Waals surface area contributed by atoms with Gasteiger partial charge in [-0.25, -0.2) is 4.79 Å². The van der Waals surface area contributed by atoms with Gasteiger partial charge < -0.3 is 19.9 Å². The number of hydrogen-bond donors (Lipinski definition) is 2. The maximum Gasteiger partial charge on any atom is 0.337 e.